The molecule has 1 atom stereocenters. The molecule has 1 fully saturated rings. The number of carbonyl (C=O) groups is 1. The largest absolute Gasteiger partial charge is 0.298 e. The van der Waals surface area contributed by atoms with Gasteiger partial charge in [0.1, 0.15) is 0 Å². The van der Waals surface area contributed by atoms with Crippen molar-refractivity contribution in [2.75, 3.05) is 16.8 Å². The average Bonchev–Trinajstić information content (AvgIpc) is 3.17. The first-order chi connectivity index (χ1) is 12.0. The third kappa shape index (κ3) is 3.68. The van der Waals surface area contributed by atoms with Crippen LogP contribution in [0.25, 0.3) is 0 Å². The summed E-state index contributed by atoms with van der Waals surface area (Å²) in [5.74, 6) is -0.00847. The molecule has 2 aromatic heterocycles. The number of aromatic nitrogens is 3. The molecule has 1 aliphatic rings. The summed E-state index contributed by atoms with van der Waals surface area (Å²) in [5, 5.41) is 9.79. The second-order valence-electron chi connectivity index (χ2n) is 7.79. The SMILES string of the molecule is Cc1nn([C@@H]2CCS(=O)(=O)C2)c(C)c1C(=O)Nc1nc(C(C)(C)C)cs1. The number of sulfone groups is 1. The summed E-state index contributed by atoms with van der Waals surface area (Å²) in [7, 11) is -3.01. The molecule has 7 nitrogen and oxygen atoms in total. The number of hydrogen-bond acceptors (Lipinski definition) is 6. The molecular formula is C17H24N4O3S2. The summed E-state index contributed by atoms with van der Waals surface area (Å²) in [5.41, 5.74) is 2.62. The Morgan fingerprint density at radius 3 is 2.58 bits per heavy atom. The van der Waals surface area contributed by atoms with Crippen molar-refractivity contribution in [1.29, 1.82) is 0 Å². The van der Waals surface area contributed by atoms with Gasteiger partial charge in [-0.05, 0) is 20.3 Å². The number of anilines is 1. The fourth-order valence-corrected chi connectivity index (χ4v) is 5.77. The molecule has 0 spiro atoms. The van der Waals surface area contributed by atoms with Gasteiger partial charge in [-0.2, -0.15) is 5.10 Å². The summed E-state index contributed by atoms with van der Waals surface area (Å²) >= 11 is 1.39. The Morgan fingerprint density at radius 2 is 2.04 bits per heavy atom. The Balaban J connectivity index is 1.83. The molecule has 1 N–H and O–H groups in total. The number of rotatable bonds is 3. The number of nitrogens with zero attached hydrogens (tertiary/aromatic N) is 3. The fraction of sp³-hybridized carbons (Fsp3) is 0.588. The topological polar surface area (TPSA) is 94.0 Å². The van der Waals surface area contributed by atoms with E-state index in [9.17, 15) is 13.2 Å². The normalized spacial score (nSPS) is 19.7. The Hall–Kier alpha value is -1.74. The highest BCUT2D eigenvalue weighted by Gasteiger charge is 2.32. The highest BCUT2D eigenvalue weighted by Crippen LogP contribution is 2.29. The Labute approximate surface area is 157 Å². The van der Waals surface area contributed by atoms with E-state index in [1.54, 1.807) is 11.6 Å². The molecule has 1 amide bonds. The van der Waals surface area contributed by atoms with Crippen LogP contribution in [0.4, 0.5) is 5.13 Å². The van der Waals surface area contributed by atoms with Crippen molar-refractivity contribution in [2.24, 2.45) is 0 Å². The lowest BCUT2D eigenvalue weighted by Gasteiger charge is -2.14. The van der Waals surface area contributed by atoms with Crippen molar-refractivity contribution < 1.29 is 13.2 Å². The van der Waals surface area contributed by atoms with Crippen molar-refractivity contribution in [3.05, 3.63) is 28.0 Å². The molecule has 0 radical (unpaired) electrons. The van der Waals surface area contributed by atoms with Crippen LogP contribution in [-0.2, 0) is 15.3 Å². The smallest absolute Gasteiger partial charge is 0.261 e. The predicted molar refractivity (Wildman–Crippen MR) is 103 cm³/mol. The van der Waals surface area contributed by atoms with Gasteiger partial charge < -0.3 is 0 Å². The van der Waals surface area contributed by atoms with Gasteiger partial charge in [-0.1, -0.05) is 20.8 Å². The first-order valence-electron chi connectivity index (χ1n) is 8.51. The molecule has 0 bridgehead atoms. The quantitative estimate of drug-likeness (QED) is 0.861. The van der Waals surface area contributed by atoms with E-state index in [1.165, 1.54) is 11.3 Å². The lowest BCUT2D eigenvalue weighted by atomic mass is 9.93. The van der Waals surface area contributed by atoms with Gasteiger partial charge in [0.05, 0.1) is 34.5 Å². The summed E-state index contributed by atoms with van der Waals surface area (Å²) in [6.45, 7) is 9.79. The van der Waals surface area contributed by atoms with Crippen molar-refractivity contribution in [3.63, 3.8) is 0 Å². The van der Waals surface area contributed by atoms with Crippen LogP contribution < -0.4 is 5.32 Å². The first-order valence-corrected chi connectivity index (χ1v) is 11.2. The molecule has 0 aromatic carbocycles. The van der Waals surface area contributed by atoms with Gasteiger partial charge in [0, 0.05) is 16.5 Å². The molecule has 0 unspecified atom stereocenters. The minimum absolute atomic E-state index is 0.0792. The van der Waals surface area contributed by atoms with E-state index >= 15 is 0 Å². The van der Waals surface area contributed by atoms with Gasteiger partial charge in [-0.15, -0.1) is 11.3 Å². The standard InChI is InChI=1S/C17H24N4O3S2/c1-10-14(11(2)21(20-10)12-6-7-26(23,24)9-12)15(22)19-16-18-13(8-25-16)17(3,4)5/h8,12H,6-7,9H2,1-5H3,(H,18,19,22)/t12-/m1/s1. The second-order valence-corrected chi connectivity index (χ2v) is 10.9. The maximum absolute atomic E-state index is 12.8. The number of thiazole rings is 1. The maximum atomic E-state index is 12.8. The summed E-state index contributed by atoms with van der Waals surface area (Å²) in [6, 6.07) is -0.201. The number of aryl methyl sites for hydroxylation is 1. The molecule has 0 aliphatic carbocycles. The van der Waals surface area contributed by atoms with E-state index in [0.29, 0.717) is 28.5 Å². The van der Waals surface area contributed by atoms with Crippen molar-refractivity contribution >= 4 is 32.2 Å². The maximum Gasteiger partial charge on any atom is 0.261 e. The minimum atomic E-state index is -3.01. The number of amides is 1. The molecular weight excluding hydrogens is 372 g/mol. The van der Waals surface area contributed by atoms with E-state index in [1.807, 2.05) is 12.3 Å². The Bertz CT molecular complexity index is 951. The summed E-state index contributed by atoms with van der Waals surface area (Å²) < 4.78 is 25.2. The number of nitrogens with one attached hydrogen (secondary N) is 1. The first kappa shape index (κ1) is 19.0. The summed E-state index contributed by atoms with van der Waals surface area (Å²) in [4.78, 5) is 17.2. The van der Waals surface area contributed by atoms with Crippen LogP contribution in [0.3, 0.4) is 0 Å². The van der Waals surface area contributed by atoms with E-state index in [2.05, 4.69) is 36.2 Å². The molecule has 1 saturated heterocycles. The minimum Gasteiger partial charge on any atom is -0.298 e. The van der Waals surface area contributed by atoms with Crippen LogP contribution >= 0.6 is 11.3 Å². The monoisotopic (exact) mass is 396 g/mol. The van der Waals surface area contributed by atoms with Gasteiger partial charge >= 0.3 is 0 Å². The molecule has 142 valence electrons. The number of carbonyl (C=O) groups excluding carboxylic acids is 1. The van der Waals surface area contributed by atoms with E-state index in [-0.39, 0.29) is 28.9 Å². The second kappa shape index (κ2) is 6.45. The molecule has 26 heavy (non-hydrogen) atoms. The van der Waals surface area contributed by atoms with Gasteiger partial charge in [-0.25, -0.2) is 13.4 Å². The van der Waals surface area contributed by atoms with Gasteiger partial charge in [0.25, 0.3) is 5.91 Å². The molecule has 2 aromatic rings. The molecule has 1 aliphatic heterocycles. The lowest BCUT2D eigenvalue weighted by molar-refractivity contribution is 0.102. The van der Waals surface area contributed by atoms with Crippen molar-refractivity contribution in [3.8, 4) is 0 Å². The summed E-state index contributed by atoms with van der Waals surface area (Å²) in [6.07, 6.45) is 0.534. The van der Waals surface area contributed by atoms with Crippen LogP contribution in [0.1, 0.15) is 60.7 Å². The van der Waals surface area contributed by atoms with Crippen molar-refractivity contribution in [2.45, 2.75) is 52.5 Å². The Morgan fingerprint density at radius 1 is 1.35 bits per heavy atom. The van der Waals surface area contributed by atoms with Crippen LogP contribution in [0, 0.1) is 13.8 Å². The third-order valence-electron chi connectivity index (χ3n) is 4.60. The molecule has 3 heterocycles. The fourth-order valence-electron chi connectivity index (χ4n) is 3.15. The van der Waals surface area contributed by atoms with Gasteiger partial charge in [0.2, 0.25) is 0 Å². The third-order valence-corrected chi connectivity index (χ3v) is 7.11. The van der Waals surface area contributed by atoms with Crippen LogP contribution in [0.15, 0.2) is 5.38 Å². The van der Waals surface area contributed by atoms with Crippen LogP contribution in [0.2, 0.25) is 0 Å². The molecule has 3 rings (SSSR count). The highest BCUT2D eigenvalue weighted by molar-refractivity contribution is 7.91. The zero-order chi connectivity index (χ0) is 19.3. The number of hydrogen-bond donors (Lipinski definition) is 1. The zero-order valence-electron chi connectivity index (χ0n) is 15.7. The van der Waals surface area contributed by atoms with E-state index < -0.39 is 9.84 Å². The van der Waals surface area contributed by atoms with Crippen molar-refractivity contribution in [1.82, 2.24) is 14.8 Å². The molecule has 9 heteroatoms. The average molecular weight is 397 g/mol. The van der Waals surface area contributed by atoms with Crippen LogP contribution in [-0.4, -0.2) is 40.6 Å². The van der Waals surface area contributed by atoms with E-state index in [4.69, 9.17) is 0 Å². The lowest BCUT2D eigenvalue weighted by Crippen LogP contribution is -2.17. The van der Waals surface area contributed by atoms with Gasteiger partial charge in [0.15, 0.2) is 15.0 Å². The zero-order valence-corrected chi connectivity index (χ0v) is 17.3. The molecule has 0 saturated carbocycles. The van der Waals surface area contributed by atoms with Crippen LogP contribution in [0.5, 0.6) is 0 Å². The van der Waals surface area contributed by atoms with E-state index in [0.717, 1.165) is 5.69 Å². The predicted octanol–water partition coefficient (Wildman–Crippen LogP) is 2.87. The van der Waals surface area contributed by atoms with Gasteiger partial charge in [-0.3, -0.25) is 14.8 Å². The Kier molecular flexibility index (Phi) is 4.72. The highest BCUT2D eigenvalue weighted by atomic mass is 32.2.